The maximum absolute atomic E-state index is 12.4. The zero-order valence-electron chi connectivity index (χ0n) is 15.7. The number of aryl methyl sites for hydroxylation is 1. The van der Waals surface area contributed by atoms with Crippen molar-refractivity contribution in [2.75, 3.05) is 0 Å². The number of aromatic nitrogens is 2. The Labute approximate surface area is 174 Å². The summed E-state index contributed by atoms with van der Waals surface area (Å²) < 4.78 is 1.95. The number of thiophene rings is 1. The molecule has 0 aliphatic carbocycles. The van der Waals surface area contributed by atoms with E-state index in [1.165, 1.54) is 29.5 Å². The zero-order chi connectivity index (χ0) is 21.3. The van der Waals surface area contributed by atoms with Crippen LogP contribution in [0, 0.1) is 10.1 Å². The van der Waals surface area contributed by atoms with Crippen molar-refractivity contribution in [2.45, 2.75) is 0 Å². The minimum Gasteiger partial charge on any atom is -0.326 e. The Morgan fingerprint density at radius 1 is 1.03 bits per heavy atom. The van der Waals surface area contributed by atoms with Gasteiger partial charge in [0.2, 0.25) is 0 Å². The van der Waals surface area contributed by atoms with E-state index in [2.05, 4.69) is 15.8 Å². The Bertz CT molecular complexity index is 1290. The molecule has 2 heterocycles. The molecule has 0 saturated carbocycles. The van der Waals surface area contributed by atoms with E-state index in [9.17, 15) is 19.7 Å². The number of fused-ring (bicyclic) bond motifs is 1. The van der Waals surface area contributed by atoms with Crippen molar-refractivity contribution in [3.63, 3.8) is 0 Å². The molecular weight excluding hydrogens is 406 g/mol. The number of benzene rings is 2. The highest BCUT2D eigenvalue weighted by atomic mass is 32.1. The lowest BCUT2D eigenvalue weighted by Gasteiger charge is -2.06. The van der Waals surface area contributed by atoms with Crippen molar-refractivity contribution < 1.29 is 14.5 Å². The number of non-ortho nitro benzene ring substituents is 1. The predicted octanol–water partition coefficient (Wildman–Crippen LogP) is 3.28. The summed E-state index contributed by atoms with van der Waals surface area (Å²) in [7, 11) is 1.91. The topological polar surface area (TPSA) is 119 Å². The van der Waals surface area contributed by atoms with Crippen LogP contribution >= 0.6 is 11.3 Å². The first-order valence-corrected chi connectivity index (χ1v) is 9.62. The van der Waals surface area contributed by atoms with E-state index in [1.807, 2.05) is 35.9 Å². The van der Waals surface area contributed by atoms with Gasteiger partial charge in [0.1, 0.15) is 0 Å². The third-order valence-electron chi connectivity index (χ3n) is 4.45. The first-order valence-electron chi connectivity index (χ1n) is 8.81. The monoisotopic (exact) mass is 421 g/mol. The Balaban J connectivity index is 1.47. The van der Waals surface area contributed by atoms with Gasteiger partial charge in [0.05, 0.1) is 25.7 Å². The summed E-state index contributed by atoms with van der Waals surface area (Å²) in [6.45, 7) is 0. The average Bonchev–Trinajstić information content (AvgIpc) is 3.37. The lowest BCUT2D eigenvalue weighted by atomic mass is 10.2. The fraction of sp³-hybridized carbons (Fsp3) is 0.0500. The maximum atomic E-state index is 12.4. The van der Waals surface area contributed by atoms with Gasteiger partial charge in [-0.05, 0) is 30.3 Å². The molecule has 30 heavy (non-hydrogen) atoms. The van der Waals surface area contributed by atoms with Crippen LogP contribution in [0.25, 0.3) is 21.7 Å². The molecule has 4 aromatic rings. The van der Waals surface area contributed by atoms with Gasteiger partial charge < -0.3 is 4.57 Å². The second kappa shape index (κ2) is 7.76. The van der Waals surface area contributed by atoms with E-state index < -0.39 is 16.7 Å². The molecule has 0 aliphatic rings. The average molecular weight is 421 g/mol. The number of nitrogens with one attached hydrogen (secondary N) is 2. The van der Waals surface area contributed by atoms with Crippen LogP contribution < -0.4 is 10.9 Å². The Morgan fingerprint density at radius 2 is 1.80 bits per heavy atom. The number of hydrogen-bond acceptors (Lipinski definition) is 6. The van der Waals surface area contributed by atoms with Crippen molar-refractivity contribution >= 4 is 39.9 Å². The number of nitro groups is 1. The van der Waals surface area contributed by atoms with E-state index in [0.717, 1.165) is 27.8 Å². The number of rotatable bonds is 4. The molecule has 2 N–H and O–H groups in total. The van der Waals surface area contributed by atoms with Crippen LogP contribution in [0.2, 0.25) is 0 Å². The van der Waals surface area contributed by atoms with Gasteiger partial charge >= 0.3 is 0 Å². The Kier molecular flexibility index (Phi) is 4.98. The van der Waals surface area contributed by atoms with Gasteiger partial charge in [-0.25, -0.2) is 4.98 Å². The Hall–Kier alpha value is -4.05. The van der Waals surface area contributed by atoms with Crippen molar-refractivity contribution in [1.82, 2.24) is 20.4 Å². The maximum Gasteiger partial charge on any atom is 0.279 e. The molecule has 0 fully saturated rings. The minimum absolute atomic E-state index is 0.0658. The number of hydrogen-bond donors (Lipinski definition) is 2. The van der Waals surface area contributed by atoms with Gasteiger partial charge in [-0.1, -0.05) is 18.2 Å². The summed E-state index contributed by atoms with van der Waals surface area (Å²) in [5, 5.41) is 10.8. The largest absolute Gasteiger partial charge is 0.326 e. The molecule has 0 aliphatic heterocycles. The van der Waals surface area contributed by atoms with Crippen molar-refractivity contribution in [3.8, 4) is 10.7 Å². The molecule has 0 spiro atoms. The lowest BCUT2D eigenvalue weighted by Crippen LogP contribution is -2.41. The fourth-order valence-electron chi connectivity index (χ4n) is 2.95. The molecule has 0 bridgehead atoms. The molecule has 0 unspecified atom stereocenters. The Morgan fingerprint density at radius 3 is 2.57 bits per heavy atom. The first-order chi connectivity index (χ1) is 14.4. The zero-order valence-corrected chi connectivity index (χ0v) is 16.5. The SMILES string of the molecule is Cn1c(-c2ccc(C(=O)NNC(=O)c3cccc([N+](=O)[O-])c3)s2)nc2ccccc21. The van der Waals surface area contributed by atoms with Gasteiger partial charge in [0, 0.05) is 24.7 Å². The third-order valence-corrected chi connectivity index (χ3v) is 5.53. The summed E-state index contributed by atoms with van der Waals surface area (Å²) in [6.07, 6.45) is 0. The first kappa shape index (κ1) is 19.3. The molecule has 0 saturated heterocycles. The second-order valence-corrected chi connectivity index (χ2v) is 7.45. The molecule has 0 atom stereocenters. The minimum atomic E-state index is -0.654. The van der Waals surface area contributed by atoms with Crippen LogP contribution in [0.15, 0.2) is 60.7 Å². The van der Waals surface area contributed by atoms with Crippen LogP contribution in [0.1, 0.15) is 20.0 Å². The molecule has 4 rings (SSSR count). The van der Waals surface area contributed by atoms with E-state index in [0.29, 0.717) is 4.88 Å². The molecule has 9 nitrogen and oxygen atoms in total. The molecule has 150 valence electrons. The summed E-state index contributed by atoms with van der Waals surface area (Å²) in [6, 6.07) is 16.4. The molecule has 2 aromatic carbocycles. The normalized spacial score (nSPS) is 10.7. The van der Waals surface area contributed by atoms with Gasteiger partial charge in [0.25, 0.3) is 17.5 Å². The third kappa shape index (κ3) is 3.63. The van der Waals surface area contributed by atoms with Crippen LogP contribution in [0.3, 0.4) is 0 Å². The number of nitrogens with zero attached hydrogens (tertiary/aromatic N) is 3. The van der Waals surface area contributed by atoms with Gasteiger partial charge in [-0.3, -0.25) is 30.6 Å². The molecule has 2 aromatic heterocycles. The van der Waals surface area contributed by atoms with E-state index in [1.54, 1.807) is 12.1 Å². The number of nitro benzene ring substituents is 1. The van der Waals surface area contributed by atoms with Crippen LogP contribution in [0.5, 0.6) is 0 Å². The standard InChI is InChI=1S/C20H15N5O4S/c1-24-15-8-3-2-7-14(15)21-18(24)16-9-10-17(30-16)20(27)23-22-19(26)12-5-4-6-13(11-12)25(28)29/h2-11H,1H3,(H,22,26)(H,23,27). The summed E-state index contributed by atoms with van der Waals surface area (Å²) >= 11 is 1.24. The van der Waals surface area contributed by atoms with Crippen LogP contribution in [-0.2, 0) is 7.05 Å². The molecule has 2 amide bonds. The number of imidazole rings is 1. The smallest absolute Gasteiger partial charge is 0.279 e. The number of carbonyl (C=O) groups is 2. The van der Waals surface area contributed by atoms with Crippen LogP contribution in [-0.4, -0.2) is 26.3 Å². The number of para-hydroxylation sites is 2. The molecular formula is C20H15N5O4S. The lowest BCUT2D eigenvalue weighted by molar-refractivity contribution is -0.384. The molecule has 10 heteroatoms. The van der Waals surface area contributed by atoms with Crippen molar-refractivity contribution in [1.29, 1.82) is 0 Å². The highest BCUT2D eigenvalue weighted by Gasteiger charge is 2.16. The number of amides is 2. The predicted molar refractivity (Wildman–Crippen MR) is 112 cm³/mol. The van der Waals surface area contributed by atoms with Gasteiger partial charge in [-0.2, -0.15) is 0 Å². The summed E-state index contributed by atoms with van der Waals surface area (Å²) in [4.78, 5) is 40.6. The van der Waals surface area contributed by atoms with Crippen molar-refractivity contribution in [2.24, 2.45) is 7.05 Å². The number of carbonyl (C=O) groups excluding carboxylic acids is 2. The highest BCUT2D eigenvalue weighted by Crippen LogP contribution is 2.29. The van der Waals surface area contributed by atoms with Gasteiger partial charge in [-0.15, -0.1) is 11.3 Å². The van der Waals surface area contributed by atoms with E-state index >= 15 is 0 Å². The summed E-state index contributed by atoms with van der Waals surface area (Å²) in [5.41, 5.74) is 6.30. The van der Waals surface area contributed by atoms with E-state index in [-0.39, 0.29) is 11.3 Å². The van der Waals surface area contributed by atoms with Crippen LogP contribution in [0.4, 0.5) is 5.69 Å². The molecule has 0 radical (unpaired) electrons. The van der Waals surface area contributed by atoms with Crippen molar-refractivity contribution in [3.05, 3.63) is 81.2 Å². The fourth-order valence-corrected chi connectivity index (χ4v) is 3.88. The highest BCUT2D eigenvalue weighted by molar-refractivity contribution is 7.17. The quantitative estimate of drug-likeness (QED) is 0.387. The van der Waals surface area contributed by atoms with Gasteiger partial charge in [0.15, 0.2) is 5.82 Å². The summed E-state index contributed by atoms with van der Waals surface area (Å²) in [5.74, 6) is -0.413. The number of hydrazine groups is 1. The van der Waals surface area contributed by atoms with E-state index in [4.69, 9.17) is 0 Å². The second-order valence-electron chi connectivity index (χ2n) is 6.36.